The van der Waals surface area contributed by atoms with Crippen molar-refractivity contribution in [3.63, 3.8) is 0 Å². The molecule has 1 aromatic rings. The third-order valence-corrected chi connectivity index (χ3v) is 2.77. The van der Waals surface area contributed by atoms with Crippen molar-refractivity contribution in [3.05, 3.63) is 29.6 Å². The van der Waals surface area contributed by atoms with Gasteiger partial charge < -0.3 is 20.1 Å². The van der Waals surface area contributed by atoms with E-state index in [1.54, 1.807) is 12.1 Å². The fourth-order valence-corrected chi connectivity index (χ4v) is 1.86. The molecule has 2 heterocycles. The summed E-state index contributed by atoms with van der Waals surface area (Å²) in [6.45, 7) is -0.399. The second-order valence-corrected chi connectivity index (χ2v) is 3.81. The Morgan fingerprint density at radius 3 is 2.76 bits per heavy atom. The molecule has 1 unspecified atom stereocenters. The fourth-order valence-electron chi connectivity index (χ4n) is 1.86. The van der Waals surface area contributed by atoms with Crippen LogP contribution in [0, 0.1) is 11.3 Å². The molecular formula is C11H12N2O4. The highest BCUT2D eigenvalue weighted by molar-refractivity contribution is 5.35. The molecule has 1 aromatic heterocycles. The number of hydrogen-bond acceptors (Lipinski definition) is 6. The van der Waals surface area contributed by atoms with E-state index in [2.05, 4.69) is 4.98 Å². The number of aliphatic hydroxyl groups excluding tert-OH is 3. The van der Waals surface area contributed by atoms with Gasteiger partial charge in [0.15, 0.2) is 0 Å². The molecular weight excluding hydrogens is 224 g/mol. The van der Waals surface area contributed by atoms with Gasteiger partial charge in [-0.05, 0) is 12.1 Å². The summed E-state index contributed by atoms with van der Waals surface area (Å²) in [6, 6.07) is 5.10. The molecule has 0 aromatic carbocycles. The minimum Gasteiger partial charge on any atom is -0.394 e. The summed E-state index contributed by atoms with van der Waals surface area (Å²) in [5, 5.41) is 37.3. The Morgan fingerprint density at radius 1 is 1.41 bits per heavy atom. The largest absolute Gasteiger partial charge is 0.394 e. The minimum absolute atomic E-state index is 0.275. The second kappa shape index (κ2) is 4.77. The van der Waals surface area contributed by atoms with E-state index in [1.807, 2.05) is 6.07 Å². The third-order valence-electron chi connectivity index (χ3n) is 2.77. The Kier molecular flexibility index (Phi) is 3.36. The van der Waals surface area contributed by atoms with E-state index >= 15 is 0 Å². The molecule has 1 saturated heterocycles. The van der Waals surface area contributed by atoms with E-state index in [0.717, 1.165) is 0 Å². The zero-order valence-corrected chi connectivity index (χ0v) is 8.89. The van der Waals surface area contributed by atoms with Crippen molar-refractivity contribution >= 4 is 0 Å². The van der Waals surface area contributed by atoms with Crippen LogP contribution in [0.1, 0.15) is 17.4 Å². The molecule has 0 amide bonds. The van der Waals surface area contributed by atoms with E-state index in [0.29, 0.717) is 0 Å². The van der Waals surface area contributed by atoms with Crippen molar-refractivity contribution in [1.82, 2.24) is 4.98 Å². The van der Waals surface area contributed by atoms with E-state index in [4.69, 9.17) is 15.1 Å². The van der Waals surface area contributed by atoms with Crippen LogP contribution in [0.15, 0.2) is 18.3 Å². The molecule has 1 fully saturated rings. The number of ether oxygens (including phenoxy) is 1. The number of hydrogen-bond donors (Lipinski definition) is 3. The summed E-state index contributed by atoms with van der Waals surface area (Å²) in [5.74, 6) is 0. The van der Waals surface area contributed by atoms with Gasteiger partial charge in [-0.2, -0.15) is 5.26 Å². The first-order valence-electron chi connectivity index (χ1n) is 5.16. The van der Waals surface area contributed by atoms with Gasteiger partial charge >= 0.3 is 0 Å². The van der Waals surface area contributed by atoms with E-state index in [1.165, 1.54) is 6.20 Å². The Labute approximate surface area is 97.7 Å². The highest BCUT2D eigenvalue weighted by Gasteiger charge is 2.44. The van der Waals surface area contributed by atoms with Crippen molar-refractivity contribution < 1.29 is 20.1 Å². The van der Waals surface area contributed by atoms with Crippen molar-refractivity contribution in [2.75, 3.05) is 6.61 Å². The zero-order valence-electron chi connectivity index (χ0n) is 8.89. The van der Waals surface area contributed by atoms with Crippen LogP contribution in [-0.2, 0) is 4.74 Å². The Morgan fingerprint density at radius 2 is 2.18 bits per heavy atom. The lowest BCUT2D eigenvalue weighted by Crippen LogP contribution is -2.32. The molecule has 6 heteroatoms. The summed E-state index contributed by atoms with van der Waals surface area (Å²) in [4.78, 5) is 3.98. The minimum atomic E-state index is -1.20. The van der Waals surface area contributed by atoms with Gasteiger partial charge in [0.1, 0.15) is 30.5 Å². The maximum absolute atomic E-state index is 9.80. The summed E-state index contributed by atoms with van der Waals surface area (Å²) in [6.07, 6.45) is -2.65. The molecule has 90 valence electrons. The lowest BCUT2D eigenvalue weighted by molar-refractivity contribution is -0.0240. The van der Waals surface area contributed by atoms with Crippen LogP contribution < -0.4 is 0 Å². The lowest BCUT2D eigenvalue weighted by atomic mass is 10.0. The van der Waals surface area contributed by atoms with Crippen molar-refractivity contribution in [2.24, 2.45) is 0 Å². The van der Waals surface area contributed by atoms with Crippen LogP contribution in [0.3, 0.4) is 0 Å². The van der Waals surface area contributed by atoms with Gasteiger partial charge in [0.2, 0.25) is 0 Å². The predicted molar refractivity (Wildman–Crippen MR) is 55.7 cm³/mol. The smallest absolute Gasteiger partial charge is 0.130 e. The maximum Gasteiger partial charge on any atom is 0.130 e. The molecule has 4 atom stereocenters. The SMILES string of the molecule is N#Cc1cccnc1C1O[C@H](CO)[C@@H](O)[C@H]1O. The highest BCUT2D eigenvalue weighted by atomic mass is 16.6. The predicted octanol–water partition coefficient (Wildman–Crippen LogP) is -0.893. The first kappa shape index (κ1) is 12.0. The molecule has 0 bridgehead atoms. The summed E-state index contributed by atoms with van der Waals surface area (Å²) < 4.78 is 5.30. The summed E-state index contributed by atoms with van der Waals surface area (Å²) >= 11 is 0. The third kappa shape index (κ3) is 2.01. The maximum atomic E-state index is 9.80. The molecule has 3 N–H and O–H groups in total. The number of nitrogens with zero attached hydrogens (tertiary/aromatic N) is 2. The van der Waals surface area contributed by atoms with Gasteiger partial charge in [-0.3, -0.25) is 4.98 Å². The van der Waals surface area contributed by atoms with Crippen LogP contribution in [-0.4, -0.2) is 45.2 Å². The number of aliphatic hydroxyl groups is 3. The molecule has 0 radical (unpaired) electrons. The van der Waals surface area contributed by atoms with Gasteiger partial charge in [-0.1, -0.05) is 0 Å². The van der Waals surface area contributed by atoms with Crippen LogP contribution >= 0.6 is 0 Å². The lowest BCUT2D eigenvalue weighted by Gasteiger charge is -2.14. The number of nitriles is 1. The monoisotopic (exact) mass is 236 g/mol. The zero-order chi connectivity index (χ0) is 12.4. The fraction of sp³-hybridized carbons (Fsp3) is 0.455. The number of pyridine rings is 1. The van der Waals surface area contributed by atoms with Crippen LogP contribution in [0.25, 0.3) is 0 Å². The molecule has 0 saturated carbocycles. The number of rotatable bonds is 2. The molecule has 2 rings (SSSR count). The summed E-state index contributed by atoms with van der Waals surface area (Å²) in [7, 11) is 0. The Hall–Kier alpha value is -1.52. The first-order chi connectivity index (χ1) is 8.19. The van der Waals surface area contributed by atoms with E-state index < -0.39 is 31.0 Å². The molecule has 17 heavy (non-hydrogen) atoms. The molecule has 1 aliphatic rings. The Balaban J connectivity index is 2.32. The van der Waals surface area contributed by atoms with E-state index in [9.17, 15) is 10.2 Å². The normalized spacial score (nSPS) is 32.4. The van der Waals surface area contributed by atoms with Gasteiger partial charge in [0.25, 0.3) is 0 Å². The van der Waals surface area contributed by atoms with Crippen LogP contribution in [0.2, 0.25) is 0 Å². The van der Waals surface area contributed by atoms with Crippen LogP contribution in [0.5, 0.6) is 0 Å². The molecule has 0 aliphatic carbocycles. The number of aromatic nitrogens is 1. The average molecular weight is 236 g/mol. The average Bonchev–Trinajstić information content (AvgIpc) is 2.66. The topological polar surface area (TPSA) is 107 Å². The van der Waals surface area contributed by atoms with Gasteiger partial charge in [0.05, 0.1) is 17.9 Å². The Bertz CT molecular complexity index is 445. The van der Waals surface area contributed by atoms with Gasteiger partial charge in [-0.25, -0.2) is 0 Å². The standard InChI is InChI=1S/C11H12N2O4/c12-4-6-2-1-3-13-8(6)11-10(16)9(15)7(5-14)17-11/h1-3,7,9-11,14-16H,5H2/t7-,9-,10-,11?/m1/s1. The van der Waals surface area contributed by atoms with Crippen molar-refractivity contribution in [2.45, 2.75) is 24.4 Å². The highest BCUT2D eigenvalue weighted by Crippen LogP contribution is 2.33. The molecule has 1 aliphatic heterocycles. The van der Waals surface area contributed by atoms with Crippen molar-refractivity contribution in [3.8, 4) is 6.07 Å². The van der Waals surface area contributed by atoms with Crippen LogP contribution in [0.4, 0.5) is 0 Å². The summed E-state index contributed by atoms with van der Waals surface area (Å²) in [5.41, 5.74) is 0.555. The van der Waals surface area contributed by atoms with Gasteiger partial charge in [-0.15, -0.1) is 0 Å². The second-order valence-electron chi connectivity index (χ2n) is 3.81. The molecule has 0 spiro atoms. The van der Waals surface area contributed by atoms with Gasteiger partial charge in [0, 0.05) is 6.20 Å². The van der Waals surface area contributed by atoms with E-state index in [-0.39, 0.29) is 11.3 Å². The van der Waals surface area contributed by atoms with Crippen molar-refractivity contribution in [1.29, 1.82) is 5.26 Å². The first-order valence-corrected chi connectivity index (χ1v) is 5.16. The quantitative estimate of drug-likeness (QED) is 0.614. The molecule has 6 nitrogen and oxygen atoms in total.